The standard InChI is InChI=1S/C14H18OSi2/c16-13-5-1-11(2-6-13)9-15-10-12-3-7-14(17)8-4-12/h1-8H,9-10H2,16-17H3. The van der Waals surface area contributed by atoms with Crippen molar-refractivity contribution in [2.24, 2.45) is 0 Å². The molecule has 88 valence electrons. The van der Waals surface area contributed by atoms with E-state index in [-0.39, 0.29) is 0 Å². The summed E-state index contributed by atoms with van der Waals surface area (Å²) in [5.41, 5.74) is 2.51. The Hall–Kier alpha value is -1.17. The minimum absolute atomic E-state index is 0.699. The lowest BCUT2D eigenvalue weighted by Gasteiger charge is -2.05. The molecule has 0 N–H and O–H groups in total. The van der Waals surface area contributed by atoms with Gasteiger partial charge in [0.05, 0.1) is 13.2 Å². The van der Waals surface area contributed by atoms with E-state index in [9.17, 15) is 0 Å². The Balaban J connectivity index is 1.83. The van der Waals surface area contributed by atoms with Crippen molar-refractivity contribution in [3.8, 4) is 0 Å². The van der Waals surface area contributed by atoms with Crippen LogP contribution in [-0.4, -0.2) is 20.5 Å². The van der Waals surface area contributed by atoms with Gasteiger partial charge in [-0.1, -0.05) is 58.9 Å². The van der Waals surface area contributed by atoms with E-state index in [2.05, 4.69) is 48.5 Å². The largest absolute Gasteiger partial charge is 0.372 e. The maximum absolute atomic E-state index is 5.71. The molecule has 0 aliphatic carbocycles. The predicted molar refractivity (Wildman–Crippen MR) is 80.5 cm³/mol. The highest BCUT2D eigenvalue weighted by Gasteiger charge is 1.95. The average molecular weight is 258 g/mol. The van der Waals surface area contributed by atoms with Gasteiger partial charge in [-0.05, 0) is 11.1 Å². The summed E-state index contributed by atoms with van der Waals surface area (Å²) in [6.07, 6.45) is 0. The maximum atomic E-state index is 5.71. The van der Waals surface area contributed by atoms with Crippen LogP contribution in [0.2, 0.25) is 0 Å². The Morgan fingerprint density at radius 2 is 1.00 bits per heavy atom. The van der Waals surface area contributed by atoms with Crippen molar-refractivity contribution in [2.45, 2.75) is 13.2 Å². The Bertz CT molecular complexity index is 417. The maximum Gasteiger partial charge on any atom is 0.0721 e. The van der Waals surface area contributed by atoms with Crippen molar-refractivity contribution in [2.75, 3.05) is 0 Å². The molecule has 2 rings (SSSR count). The third-order valence-electron chi connectivity index (χ3n) is 2.78. The van der Waals surface area contributed by atoms with Crippen molar-refractivity contribution >= 4 is 30.9 Å². The highest BCUT2D eigenvalue weighted by Crippen LogP contribution is 2.04. The quantitative estimate of drug-likeness (QED) is 0.665. The SMILES string of the molecule is [SiH3]c1ccc(COCc2ccc([SiH3])cc2)cc1. The molecular formula is C14H18OSi2. The molecule has 0 aliphatic heterocycles. The minimum Gasteiger partial charge on any atom is -0.372 e. The van der Waals surface area contributed by atoms with Crippen molar-refractivity contribution in [3.05, 3.63) is 59.7 Å². The number of hydrogen-bond acceptors (Lipinski definition) is 1. The van der Waals surface area contributed by atoms with Gasteiger partial charge in [0, 0.05) is 20.5 Å². The molecule has 0 saturated heterocycles. The van der Waals surface area contributed by atoms with Crippen LogP contribution >= 0.6 is 0 Å². The fourth-order valence-electron chi connectivity index (χ4n) is 1.66. The van der Waals surface area contributed by atoms with Crippen LogP contribution in [-0.2, 0) is 18.0 Å². The molecule has 1 nitrogen and oxygen atoms in total. The Labute approximate surface area is 109 Å². The lowest BCUT2D eigenvalue weighted by Crippen LogP contribution is -2.03. The van der Waals surface area contributed by atoms with E-state index in [1.54, 1.807) is 0 Å². The molecular weight excluding hydrogens is 240 g/mol. The van der Waals surface area contributed by atoms with Gasteiger partial charge in [0.1, 0.15) is 0 Å². The molecule has 17 heavy (non-hydrogen) atoms. The topological polar surface area (TPSA) is 9.23 Å². The van der Waals surface area contributed by atoms with E-state index in [1.807, 2.05) is 0 Å². The van der Waals surface area contributed by atoms with E-state index < -0.39 is 0 Å². The van der Waals surface area contributed by atoms with Gasteiger partial charge in [-0.25, -0.2) is 0 Å². The van der Waals surface area contributed by atoms with Gasteiger partial charge >= 0.3 is 0 Å². The van der Waals surface area contributed by atoms with Crippen molar-refractivity contribution in [1.29, 1.82) is 0 Å². The molecule has 0 spiro atoms. The molecule has 0 heterocycles. The zero-order valence-electron chi connectivity index (χ0n) is 10.4. The van der Waals surface area contributed by atoms with Crippen LogP contribution in [0.3, 0.4) is 0 Å². The second-order valence-corrected chi connectivity index (χ2v) is 6.77. The number of ether oxygens (including phenoxy) is 1. The summed E-state index contributed by atoms with van der Waals surface area (Å²) in [6.45, 7) is 1.40. The van der Waals surface area contributed by atoms with Gasteiger partial charge in [-0.2, -0.15) is 0 Å². The molecule has 3 heteroatoms. The van der Waals surface area contributed by atoms with Crippen LogP contribution in [0, 0.1) is 0 Å². The molecule has 0 bridgehead atoms. The van der Waals surface area contributed by atoms with Crippen molar-refractivity contribution in [1.82, 2.24) is 0 Å². The molecule has 0 fully saturated rings. The normalized spacial score (nSPS) is 10.8. The lowest BCUT2D eigenvalue weighted by atomic mass is 10.2. The Morgan fingerprint density at radius 1 is 0.647 bits per heavy atom. The molecule has 0 atom stereocenters. The van der Waals surface area contributed by atoms with E-state index in [4.69, 9.17) is 4.74 Å². The number of benzene rings is 2. The second-order valence-electron chi connectivity index (χ2n) is 4.46. The summed E-state index contributed by atoms with van der Waals surface area (Å²) in [7, 11) is 2.24. The second kappa shape index (κ2) is 5.95. The molecule has 0 saturated carbocycles. The fourth-order valence-corrected chi connectivity index (χ4v) is 2.32. The molecule has 0 amide bonds. The molecule has 0 aliphatic rings. The fraction of sp³-hybridized carbons (Fsp3) is 0.143. The van der Waals surface area contributed by atoms with Crippen LogP contribution in [0.15, 0.2) is 48.5 Å². The highest BCUT2D eigenvalue weighted by atomic mass is 28.1. The summed E-state index contributed by atoms with van der Waals surface area (Å²) in [5.74, 6) is 0. The number of rotatable bonds is 4. The smallest absolute Gasteiger partial charge is 0.0721 e. The summed E-state index contributed by atoms with van der Waals surface area (Å²) < 4.78 is 5.71. The summed E-state index contributed by atoms with van der Waals surface area (Å²) >= 11 is 0. The van der Waals surface area contributed by atoms with Crippen LogP contribution in [0.1, 0.15) is 11.1 Å². The molecule has 2 aromatic rings. The molecule has 0 unspecified atom stereocenters. The highest BCUT2D eigenvalue weighted by molar-refractivity contribution is 6.32. The average Bonchev–Trinajstić information content (AvgIpc) is 2.34. The van der Waals surface area contributed by atoms with Gasteiger partial charge in [0.15, 0.2) is 0 Å². The van der Waals surface area contributed by atoms with E-state index >= 15 is 0 Å². The Kier molecular flexibility index (Phi) is 4.31. The molecule has 0 aromatic heterocycles. The first kappa shape index (κ1) is 12.3. The van der Waals surface area contributed by atoms with Gasteiger partial charge in [0.25, 0.3) is 0 Å². The van der Waals surface area contributed by atoms with Crippen molar-refractivity contribution in [3.63, 3.8) is 0 Å². The molecule has 2 aromatic carbocycles. The zero-order chi connectivity index (χ0) is 12.1. The zero-order valence-corrected chi connectivity index (χ0v) is 14.4. The van der Waals surface area contributed by atoms with Crippen LogP contribution in [0.5, 0.6) is 0 Å². The van der Waals surface area contributed by atoms with Gasteiger partial charge in [0.2, 0.25) is 0 Å². The van der Waals surface area contributed by atoms with E-state index in [0.29, 0.717) is 13.2 Å². The predicted octanol–water partition coefficient (Wildman–Crippen LogP) is -0.615. The van der Waals surface area contributed by atoms with Crippen molar-refractivity contribution < 1.29 is 4.74 Å². The Morgan fingerprint density at radius 3 is 1.35 bits per heavy atom. The first-order valence-electron chi connectivity index (χ1n) is 5.93. The third-order valence-corrected chi connectivity index (χ3v) is 4.11. The first-order valence-corrected chi connectivity index (χ1v) is 7.93. The summed E-state index contributed by atoms with van der Waals surface area (Å²) in [4.78, 5) is 0. The van der Waals surface area contributed by atoms with E-state index in [1.165, 1.54) is 21.5 Å². The third kappa shape index (κ3) is 3.96. The van der Waals surface area contributed by atoms with Gasteiger partial charge in [-0.3, -0.25) is 0 Å². The van der Waals surface area contributed by atoms with Gasteiger partial charge in [-0.15, -0.1) is 0 Å². The summed E-state index contributed by atoms with van der Waals surface area (Å²) in [6, 6.07) is 17.4. The van der Waals surface area contributed by atoms with Crippen LogP contribution in [0.25, 0.3) is 0 Å². The molecule has 0 radical (unpaired) electrons. The van der Waals surface area contributed by atoms with Crippen LogP contribution in [0.4, 0.5) is 0 Å². The lowest BCUT2D eigenvalue weighted by molar-refractivity contribution is 0.107. The first-order chi connectivity index (χ1) is 8.24. The van der Waals surface area contributed by atoms with Gasteiger partial charge < -0.3 is 4.74 Å². The van der Waals surface area contributed by atoms with Crippen LogP contribution < -0.4 is 10.4 Å². The van der Waals surface area contributed by atoms with E-state index in [0.717, 1.165) is 20.5 Å². The minimum atomic E-state index is 0.699. The monoisotopic (exact) mass is 258 g/mol. The summed E-state index contributed by atoms with van der Waals surface area (Å²) in [5, 5.41) is 2.85. The number of hydrogen-bond donors (Lipinski definition) is 0.